The Kier molecular flexibility index (Phi) is 7.77. The van der Waals surface area contributed by atoms with Gasteiger partial charge in [0.15, 0.2) is 25.2 Å². The number of carbonyl (C=O) groups is 1. The van der Waals surface area contributed by atoms with Gasteiger partial charge in [-0.15, -0.1) is 0 Å². The third kappa shape index (κ3) is 8.19. The minimum atomic E-state index is -0.935. The van der Waals surface area contributed by atoms with Crippen molar-refractivity contribution in [1.82, 2.24) is 0 Å². The van der Waals surface area contributed by atoms with Crippen LogP contribution in [-0.4, -0.2) is 36.2 Å². The van der Waals surface area contributed by atoms with Gasteiger partial charge in [-0.1, -0.05) is 6.58 Å². The van der Waals surface area contributed by atoms with E-state index in [2.05, 4.69) is 6.58 Å². The van der Waals surface area contributed by atoms with Crippen LogP contribution in [0.2, 0.25) is 0 Å². The lowest BCUT2D eigenvalue weighted by molar-refractivity contribution is -0.367. The molecule has 1 heterocycles. The normalized spacial score (nSPS) is 32.5. The Labute approximate surface area is 107 Å². The predicted molar refractivity (Wildman–Crippen MR) is 64.6 cm³/mol. The summed E-state index contributed by atoms with van der Waals surface area (Å²) in [7, 11) is 0. The molecule has 0 aromatic carbocycles. The van der Waals surface area contributed by atoms with Crippen molar-refractivity contribution in [1.29, 1.82) is 0 Å². The van der Waals surface area contributed by atoms with Crippen molar-refractivity contribution < 1.29 is 28.8 Å². The molecular formula is C12H22O6. The van der Waals surface area contributed by atoms with Crippen LogP contribution >= 0.6 is 0 Å². The van der Waals surface area contributed by atoms with E-state index >= 15 is 0 Å². The minimum absolute atomic E-state index is 0.176. The molecule has 106 valence electrons. The summed E-state index contributed by atoms with van der Waals surface area (Å²) in [6.45, 7) is 11.9. The number of carboxylic acids is 1. The van der Waals surface area contributed by atoms with Gasteiger partial charge in [0.25, 0.3) is 0 Å². The monoisotopic (exact) mass is 262 g/mol. The molecule has 0 radical (unpaired) electrons. The topological polar surface area (TPSA) is 74.2 Å². The van der Waals surface area contributed by atoms with Crippen molar-refractivity contribution in [3.05, 3.63) is 12.2 Å². The summed E-state index contributed by atoms with van der Waals surface area (Å²) in [6.07, 6.45) is -1.16. The number of ether oxygens (including phenoxy) is 4. The Balaban J connectivity index is 0.000000411. The lowest BCUT2D eigenvalue weighted by Gasteiger charge is -2.30. The quantitative estimate of drug-likeness (QED) is 0.729. The standard InChI is InChI=1S/C8H16O4.C4H6O2/c1-5-9-6(2)11-8(4)12-7(3)10-5;1-3(2)4(5)6/h5-8H,1-4H3;1H2,2H3,(H,5,6). The summed E-state index contributed by atoms with van der Waals surface area (Å²) in [5.41, 5.74) is 0.176. The lowest BCUT2D eigenvalue weighted by Crippen LogP contribution is -2.35. The van der Waals surface area contributed by atoms with Crippen molar-refractivity contribution in [3.63, 3.8) is 0 Å². The zero-order valence-electron chi connectivity index (χ0n) is 11.5. The molecule has 1 N–H and O–H groups in total. The van der Waals surface area contributed by atoms with Gasteiger partial charge < -0.3 is 24.1 Å². The zero-order valence-corrected chi connectivity index (χ0v) is 11.5. The first-order valence-corrected chi connectivity index (χ1v) is 5.73. The Morgan fingerprint density at radius 2 is 1.06 bits per heavy atom. The molecule has 0 bridgehead atoms. The third-order valence-corrected chi connectivity index (χ3v) is 1.90. The fourth-order valence-electron chi connectivity index (χ4n) is 1.21. The molecule has 1 rings (SSSR count). The molecule has 18 heavy (non-hydrogen) atoms. The molecule has 0 saturated carbocycles. The van der Waals surface area contributed by atoms with Gasteiger partial charge in [0.1, 0.15) is 0 Å². The number of carboxylic acid groups (broad SMARTS) is 1. The van der Waals surface area contributed by atoms with E-state index in [9.17, 15) is 4.79 Å². The highest BCUT2D eigenvalue weighted by Gasteiger charge is 2.21. The van der Waals surface area contributed by atoms with Crippen molar-refractivity contribution in [2.45, 2.75) is 59.8 Å². The maximum absolute atomic E-state index is 9.60. The summed E-state index contributed by atoms with van der Waals surface area (Å²) in [5.74, 6) is -0.935. The predicted octanol–water partition coefficient (Wildman–Crippen LogP) is 2.10. The number of aliphatic carboxylic acids is 1. The van der Waals surface area contributed by atoms with Crippen LogP contribution in [0.5, 0.6) is 0 Å². The van der Waals surface area contributed by atoms with E-state index in [0.717, 1.165) is 0 Å². The molecule has 0 spiro atoms. The maximum Gasteiger partial charge on any atom is 0.330 e. The molecule has 0 atom stereocenters. The van der Waals surface area contributed by atoms with Gasteiger partial charge in [0.05, 0.1) is 0 Å². The van der Waals surface area contributed by atoms with Crippen LogP contribution in [0, 0.1) is 0 Å². The molecule has 0 aromatic rings. The highest BCUT2D eigenvalue weighted by molar-refractivity contribution is 5.84. The summed E-state index contributed by atoms with van der Waals surface area (Å²) in [4.78, 5) is 9.60. The van der Waals surface area contributed by atoms with Gasteiger partial charge in [-0.05, 0) is 34.6 Å². The minimum Gasteiger partial charge on any atom is -0.478 e. The first-order chi connectivity index (χ1) is 8.22. The molecule has 1 aliphatic rings. The van der Waals surface area contributed by atoms with Crippen molar-refractivity contribution >= 4 is 5.97 Å². The Hall–Kier alpha value is -0.950. The van der Waals surface area contributed by atoms with Crippen molar-refractivity contribution in [3.8, 4) is 0 Å². The summed E-state index contributed by atoms with van der Waals surface area (Å²) in [6, 6.07) is 0. The summed E-state index contributed by atoms with van der Waals surface area (Å²) < 4.78 is 21.2. The molecule has 1 fully saturated rings. The molecule has 6 heteroatoms. The molecule has 0 aliphatic carbocycles. The van der Waals surface area contributed by atoms with Crippen molar-refractivity contribution in [2.75, 3.05) is 0 Å². The van der Waals surface area contributed by atoms with E-state index in [1.807, 2.05) is 27.7 Å². The second kappa shape index (κ2) is 8.20. The average Bonchev–Trinajstić information content (AvgIpc) is 2.14. The van der Waals surface area contributed by atoms with Crippen LogP contribution in [0.1, 0.15) is 34.6 Å². The Morgan fingerprint density at radius 3 is 1.17 bits per heavy atom. The maximum atomic E-state index is 9.60. The zero-order chi connectivity index (χ0) is 14.3. The Bertz CT molecular complexity index is 226. The smallest absolute Gasteiger partial charge is 0.330 e. The summed E-state index contributed by atoms with van der Waals surface area (Å²) >= 11 is 0. The molecule has 0 unspecified atom stereocenters. The molecular weight excluding hydrogens is 240 g/mol. The van der Waals surface area contributed by atoms with Gasteiger partial charge >= 0.3 is 5.97 Å². The van der Waals surface area contributed by atoms with E-state index in [1.165, 1.54) is 6.92 Å². The SMILES string of the molecule is C=C(C)C(=O)O.CC1OC(C)OC(C)OC(C)O1. The number of hydrogen-bond acceptors (Lipinski definition) is 5. The molecule has 1 aliphatic heterocycles. The van der Waals surface area contributed by atoms with E-state index in [4.69, 9.17) is 24.1 Å². The fraction of sp³-hybridized carbons (Fsp3) is 0.750. The van der Waals surface area contributed by atoms with E-state index in [0.29, 0.717) is 0 Å². The average molecular weight is 262 g/mol. The molecule has 6 nitrogen and oxygen atoms in total. The fourth-order valence-corrected chi connectivity index (χ4v) is 1.21. The van der Waals surface area contributed by atoms with E-state index in [-0.39, 0.29) is 30.7 Å². The van der Waals surface area contributed by atoms with Crippen LogP contribution < -0.4 is 0 Å². The van der Waals surface area contributed by atoms with Crippen LogP contribution in [0.3, 0.4) is 0 Å². The van der Waals surface area contributed by atoms with Gasteiger partial charge in [0.2, 0.25) is 0 Å². The third-order valence-electron chi connectivity index (χ3n) is 1.90. The number of hydrogen-bond donors (Lipinski definition) is 1. The number of rotatable bonds is 1. The molecule has 1 saturated heterocycles. The van der Waals surface area contributed by atoms with Gasteiger partial charge in [-0.25, -0.2) is 4.79 Å². The Morgan fingerprint density at radius 1 is 0.889 bits per heavy atom. The first kappa shape index (κ1) is 17.1. The van der Waals surface area contributed by atoms with Crippen LogP contribution in [-0.2, 0) is 23.7 Å². The van der Waals surface area contributed by atoms with Crippen molar-refractivity contribution in [2.24, 2.45) is 0 Å². The van der Waals surface area contributed by atoms with Crippen LogP contribution in [0.15, 0.2) is 12.2 Å². The lowest BCUT2D eigenvalue weighted by atomic mass is 10.4. The first-order valence-electron chi connectivity index (χ1n) is 5.73. The van der Waals surface area contributed by atoms with Crippen LogP contribution in [0.4, 0.5) is 0 Å². The van der Waals surface area contributed by atoms with Crippen LogP contribution in [0.25, 0.3) is 0 Å². The largest absolute Gasteiger partial charge is 0.478 e. The second-order valence-electron chi connectivity index (χ2n) is 3.90. The second-order valence-corrected chi connectivity index (χ2v) is 3.90. The highest BCUT2D eigenvalue weighted by Crippen LogP contribution is 2.13. The summed E-state index contributed by atoms with van der Waals surface area (Å²) in [5, 5.41) is 7.89. The van der Waals surface area contributed by atoms with E-state index in [1.54, 1.807) is 0 Å². The molecule has 0 aromatic heterocycles. The van der Waals surface area contributed by atoms with Gasteiger partial charge in [-0.2, -0.15) is 0 Å². The van der Waals surface area contributed by atoms with Gasteiger partial charge in [-0.3, -0.25) is 0 Å². The van der Waals surface area contributed by atoms with Gasteiger partial charge in [0, 0.05) is 5.57 Å². The highest BCUT2D eigenvalue weighted by atomic mass is 16.9. The van der Waals surface area contributed by atoms with E-state index < -0.39 is 5.97 Å². The molecule has 0 amide bonds.